The first-order valence-electron chi connectivity index (χ1n) is 8.81. The molecule has 21 heavy (non-hydrogen) atoms. The zero-order chi connectivity index (χ0) is 15.4. The Kier molecular flexibility index (Phi) is 9.76. The van der Waals surface area contributed by atoms with Crippen LogP contribution < -0.4 is 0 Å². The van der Waals surface area contributed by atoms with Crippen molar-refractivity contribution >= 4 is 7.14 Å². The standard InChI is InChI=1S/C19H33OP/c1-3-5-7-12-16-21(20,17-13-8-6-4-2)18-19-14-10-9-11-15-19/h9-11,14-15H,3-8,12-13,16-18H2,1-2H3. The van der Waals surface area contributed by atoms with Crippen molar-refractivity contribution in [1.29, 1.82) is 0 Å². The summed E-state index contributed by atoms with van der Waals surface area (Å²) in [6, 6.07) is 10.4. The molecule has 0 bridgehead atoms. The number of unbranched alkanes of at least 4 members (excludes halogenated alkanes) is 6. The van der Waals surface area contributed by atoms with Crippen molar-refractivity contribution in [2.75, 3.05) is 12.3 Å². The second-order valence-corrected chi connectivity index (χ2v) is 9.60. The first-order chi connectivity index (χ1) is 10.2. The van der Waals surface area contributed by atoms with Crippen LogP contribution in [0.15, 0.2) is 30.3 Å². The van der Waals surface area contributed by atoms with E-state index in [1.165, 1.54) is 44.1 Å². The van der Waals surface area contributed by atoms with Gasteiger partial charge in [0.05, 0.1) is 7.14 Å². The molecule has 120 valence electrons. The lowest BCUT2D eigenvalue weighted by Gasteiger charge is -2.18. The Morgan fingerprint density at radius 1 is 0.762 bits per heavy atom. The van der Waals surface area contributed by atoms with Crippen LogP contribution in [0, 0.1) is 0 Å². The Bertz CT molecular complexity index is 383. The van der Waals surface area contributed by atoms with Crippen LogP contribution in [0.1, 0.15) is 70.8 Å². The van der Waals surface area contributed by atoms with Crippen molar-refractivity contribution < 1.29 is 4.57 Å². The van der Waals surface area contributed by atoms with Gasteiger partial charge in [-0.3, -0.25) is 0 Å². The molecule has 0 N–H and O–H groups in total. The molecule has 1 rings (SSSR count). The number of hydrogen-bond donors (Lipinski definition) is 0. The van der Waals surface area contributed by atoms with E-state index in [4.69, 9.17) is 0 Å². The quantitative estimate of drug-likeness (QED) is 0.310. The van der Waals surface area contributed by atoms with Crippen molar-refractivity contribution in [2.45, 2.75) is 71.4 Å². The van der Waals surface area contributed by atoms with E-state index >= 15 is 0 Å². The first-order valence-corrected chi connectivity index (χ1v) is 11.1. The molecule has 0 amide bonds. The van der Waals surface area contributed by atoms with E-state index < -0.39 is 7.14 Å². The summed E-state index contributed by atoms with van der Waals surface area (Å²) < 4.78 is 13.3. The topological polar surface area (TPSA) is 17.1 Å². The monoisotopic (exact) mass is 308 g/mol. The maximum atomic E-state index is 13.3. The van der Waals surface area contributed by atoms with Gasteiger partial charge < -0.3 is 4.57 Å². The summed E-state index contributed by atoms with van der Waals surface area (Å²) in [6.45, 7) is 4.46. The average Bonchev–Trinajstić information content (AvgIpc) is 2.49. The molecule has 0 radical (unpaired) electrons. The molecular weight excluding hydrogens is 275 g/mol. The number of benzene rings is 1. The predicted molar refractivity (Wildman–Crippen MR) is 95.8 cm³/mol. The second kappa shape index (κ2) is 11.1. The summed E-state index contributed by atoms with van der Waals surface area (Å²) in [6.07, 6.45) is 12.5. The first kappa shape index (κ1) is 18.5. The van der Waals surface area contributed by atoms with Gasteiger partial charge in [0.25, 0.3) is 0 Å². The molecule has 1 aromatic carbocycles. The summed E-state index contributed by atoms with van der Waals surface area (Å²) in [5.41, 5.74) is 1.26. The maximum Gasteiger partial charge on any atom is 0.0919 e. The molecule has 0 fully saturated rings. The van der Waals surface area contributed by atoms with Crippen LogP contribution in [-0.2, 0) is 10.7 Å². The fourth-order valence-electron chi connectivity index (χ4n) is 2.84. The lowest BCUT2D eigenvalue weighted by Crippen LogP contribution is -2.00. The third-order valence-corrected chi connectivity index (χ3v) is 7.36. The van der Waals surface area contributed by atoms with E-state index in [9.17, 15) is 4.57 Å². The Morgan fingerprint density at radius 2 is 1.29 bits per heavy atom. The minimum absolute atomic E-state index is 0.812. The Morgan fingerprint density at radius 3 is 1.76 bits per heavy atom. The molecule has 0 aromatic heterocycles. The van der Waals surface area contributed by atoms with Crippen LogP contribution in [0.2, 0.25) is 0 Å². The maximum absolute atomic E-state index is 13.3. The fourth-order valence-corrected chi connectivity index (χ4v) is 5.86. The highest BCUT2D eigenvalue weighted by molar-refractivity contribution is 7.63. The summed E-state index contributed by atoms with van der Waals surface area (Å²) in [5, 5.41) is 0. The van der Waals surface area contributed by atoms with E-state index in [0.29, 0.717) is 0 Å². The minimum atomic E-state index is -2.02. The van der Waals surface area contributed by atoms with Crippen LogP contribution in [0.4, 0.5) is 0 Å². The van der Waals surface area contributed by atoms with Crippen molar-refractivity contribution in [2.24, 2.45) is 0 Å². The Balaban J connectivity index is 2.53. The van der Waals surface area contributed by atoms with E-state index in [-0.39, 0.29) is 0 Å². The second-order valence-electron chi connectivity index (χ2n) is 6.27. The molecule has 0 heterocycles. The van der Waals surface area contributed by atoms with Crippen molar-refractivity contribution in [3.8, 4) is 0 Å². The Labute approximate surface area is 131 Å². The summed E-state index contributed by atoms with van der Waals surface area (Å²) in [7, 11) is -2.02. The van der Waals surface area contributed by atoms with Gasteiger partial charge in [0.1, 0.15) is 0 Å². The zero-order valence-electron chi connectivity index (χ0n) is 14.0. The van der Waals surface area contributed by atoms with Crippen molar-refractivity contribution in [1.82, 2.24) is 0 Å². The largest absolute Gasteiger partial charge is 0.323 e. The molecule has 0 aliphatic heterocycles. The number of rotatable bonds is 12. The molecule has 1 nitrogen and oxygen atoms in total. The van der Waals surface area contributed by atoms with Crippen LogP contribution in [0.25, 0.3) is 0 Å². The summed E-state index contributed by atoms with van der Waals surface area (Å²) >= 11 is 0. The van der Waals surface area contributed by atoms with E-state index in [1.807, 2.05) is 6.07 Å². The van der Waals surface area contributed by atoms with Gasteiger partial charge in [-0.1, -0.05) is 82.7 Å². The van der Waals surface area contributed by atoms with E-state index in [2.05, 4.69) is 38.1 Å². The average molecular weight is 308 g/mol. The molecule has 0 atom stereocenters. The highest BCUT2D eigenvalue weighted by atomic mass is 31.2. The van der Waals surface area contributed by atoms with Gasteiger partial charge in [0.2, 0.25) is 0 Å². The van der Waals surface area contributed by atoms with Gasteiger partial charge in [-0.2, -0.15) is 0 Å². The molecule has 2 heteroatoms. The Hall–Kier alpha value is -0.550. The van der Waals surface area contributed by atoms with Crippen LogP contribution >= 0.6 is 7.14 Å². The van der Waals surface area contributed by atoms with Gasteiger partial charge in [0, 0.05) is 18.5 Å². The highest BCUT2D eigenvalue weighted by Gasteiger charge is 2.21. The fraction of sp³-hybridized carbons (Fsp3) is 0.684. The minimum Gasteiger partial charge on any atom is -0.323 e. The smallest absolute Gasteiger partial charge is 0.0919 e. The van der Waals surface area contributed by atoms with Crippen LogP contribution in [0.5, 0.6) is 0 Å². The van der Waals surface area contributed by atoms with Crippen LogP contribution in [-0.4, -0.2) is 12.3 Å². The molecular formula is C19H33OP. The molecule has 1 aromatic rings. The summed E-state index contributed by atoms with van der Waals surface area (Å²) in [5.74, 6) is 0. The third kappa shape index (κ3) is 8.47. The third-order valence-electron chi connectivity index (χ3n) is 4.15. The highest BCUT2D eigenvalue weighted by Crippen LogP contribution is 2.50. The van der Waals surface area contributed by atoms with Crippen molar-refractivity contribution in [3.05, 3.63) is 35.9 Å². The zero-order valence-corrected chi connectivity index (χ0v) is 14.9. The van der Waals surface area contributed by atoms with Gasteiger partial charge >= 0.3 is 0 Å². The van der Waals surface area contributed by atoms with Gasteiger partial charge in [-0.05, 0) is 18.4 Å². The number of hydrogen-bond acceptors (Lipinski definition) is 1. The van der Waals surface area contributed by atoms with E-state index in [0.717, 1.165) is 31.3 Å². The molecule has 0 saturated heterocycles. The lowest BCUT2D eigenvalue weighted by molar-refractivity contribution is 0.565. The van der Waals surface area contributed by atoms with E-state index in [1.54, 1.807) is 0 Å². The summed E-state index contributed by atoms with van der Waals surface area (Å²) in [4.78, 5) is 0. The molecule has 0 aliphatic carbocycles. The normalized spacial score (nSPS) is 11.7. The molecule has 0 unspecified atom stereocenters. The van der Waals surface area contributed by atoms with Gasteiger partial charge in [-0.15, -0.1) is 0 Å². The SMILES string of the molecule is CCCCCCP(=O)(CCCCCC)Cc1ccccc1. The van der Waals surface area contributed by atoms with Gasteiger partial charge in [0.15, 0.2) is 0 Å². The molecule has 0 aliphatic rings. The van der Waals surface area contributed by atoms with Crippen LogP contribution in [0.3, 0.4) is 0 Å². The van der Waals surface area contributed by atoms with Crippen molar-refractivity contribution in [3.63, 3.8) is 0 Å². The molecule has 0 spiro atoms. The molecule has 0 saturated carbocycles. The van der Waals surface area contributed by atoms with Gasteiger partial charge in [-0.25, -0.2) is 0 Å². The predicted octanol–water partition coefficient (Wildman–Crippen LogP) is 6.71. The lowest BCUT2D eigenvalue weighted by atomic mass is 10.2.